The molecular formula is C14H28O10. The van der Waals surface area contributed by atoms with Gasteiger partial charge in [0, 0.05) is 0 Å². The monoisotopic (exact) mass is 356 g/mol. The number of rotatable bonds is 0. The average molecular weight is 356 g/mol. The van der Waals surface area contributed by atoms with Crippen LogP contribution in [-0.4, -0.2) is 13.2 Å². The van der Waals surface area contributed by atoms with Crippen molar-refractivity contribution in [2.75, 3.05) is 13.2 Å². The van der Waals surface area contributed by atoms with Crippen LogP contribution in [0.3, 0.4) is 0 Å². The summed E-state index contributed by atoms with van der Waals surface area (Å²) in [5.41, 5.74) is 0. The molecule has 0 atom stereocenters. The summed E-state index contributed by atoms with van der Waals surface area (Å²) in [5, 5.41) is 31.9. The molecule has 0 saturated carbocycles. The van der Waals surface area contributed by atoms with Crippen molar-refractivity contribution in [3.05, 3.63) is 0 Å². The van der Waals surface area contributed by atoms with Crippen molar-refractivity contribution in [1.82, 2.24) is 0 Å². The Hall–Kier alpha value is -0.400. The molecule has 0 N–H and O–H groups in total. The van der Waals surface area contributed by atoms with Crippen molar-refractivity contribution in [2.24, 2.45) is 0 Å². The Bertz CT molecular complexity index is 134. The third-order valence-electron chi connectivity index (χ3n) is 3.50. The van der Waals surface area contributed by atoms with Crippen LogP contribution in [0, 0.1) is 0 Å². The van der Waals surface area contributed by atoms with Gasteiger partial charge in [0.1, 0.15) is 0 Å². The molecule has 1 fully saturated rings. The first kappa shape index (κ1) is 21.6. The van der Waals surface area contributed by atoms with E-state index in [0.717, 1.165) is 25.7 Å². The molecule has 24 heavy (non-hydrogen) atoms. The van der Waals surface area contributed by atoms with E-state index in [1.165, 1.54) is 51.4 Å². The van der Waals surface area contributed by atoms with Gasteiger partial charge < -0.3 is 0 Å². The highest BCUT2D eigenvalue weighted by atomic mass is 17.9. The van der Waals surface area contributed by atoms with E-state index in [1.54, 1.807) is 0 Å². The maximum absolute atomic E-state index is 4.67. The molecule has 1 aliphatic heterocycles. The predicted molar refractivity (Wildman–Crippen MR) is 76.0 cm³/mol. The molecule has 0 amide bonds. The van der Waals surface area contributed by atoms with Crippen molar-refractivity contribution >= 4 is 0 Å². The van der Waals surface area contributed by atoms with Gasteiger partial charge in [0.2, 0.25) is 0 Å². The molecule has 0 bridgehead atoms. The predicted octanol–water partition coefficient (Wildman–Crippen LogP) is 4.08. The van der Waals surface area contributed by atoms with Crippen molar-refractivity contribution in [2.45, 2.75) is 77.0 Å². The second-order valence-electron chi connectivity index (χ2n) is 5.43. The van der Waals surface area contributed by atoms with Gasteiger partial charge in [0.25, 0.3) is 0 Å². The summed E-state index contributed by atoms with van der Waals surface area (Å²) in [6.07, 6.45) is 14.0. The zero-order chi connectivity index (χ0) is 17.0. The van der Waals surface area contributed by atoms with E-state index in [1.807, 2.05) is 0 Å². The third kappa shape index (κ3) is 16.5. The summed E-state index contributed by atoms with van der Waals surface area (Å²) in [6.45, 7) is 0.768. The van der Waals surface area contributed by atoms with Crippen LogP contribution >= 0.6 is 0 Å². The lowest BCUT2D eigenvalue weighted by atomic mass is 10.1. The van der Waals surface area contributed by atoms with Gasteiger partial charge in [-0.1, -0.05) is 64.2 Å². The van der Waals surface area contributed by atoms with Crippen LogP contribution in [0.5, 0.6) is 0 Å². The Morgan fingerprint density at radius 1 is 0.250 bits per heavy atom. The molecule has 0 spiro atoms. The summed E-state index contributed by atoms with van der Waals surface area (Å²) in [7, 11) is 0. The molecule has 1 heterocycles. The quantitative estimate of drug-likeness (QED) is 0.591. The van der Waals surface area contributed by atoms with Gasteiger partial charge in [-0.3, -0.25) is 0 Å². The van der Waals surface area contributed by atoms with Crippen LogP contribution < -0.4 is 0 Å². The first-order valence-electron chi connectivity index (χ1n) is 8.58. The minimum Gasteiger partial charge on any atom is -0.204 e. The highest BCUT2D eigenvalue weighted by molar-refractivity contribution is 4.48. The van der Waals surface area contributed by atoms with Crippen molar-refractivity contribution in [1.29, 1.82) is 0 Å². The standard InChI is InChI=1S/C14H28O10/c1-2-4-6-8-10-12-14-16-18-20-22-24-23-21-19-17-15-13-11-9-7-5-3-1/h1-14H2. The minimum atomic E-state index is 0.384. The fraction of sp³-hybridized carbons (Fsp3) is 1.00. The Labute approximate surface area is 141 Å². The van der Waals surface area contributed by atoms with E-state index in [0.29, 0.717) is 13.2 Å². The molecule has 0 unspecified atom stereocenters. The smallest absolute Gasteiger partial charge is 0.0855 e. The average Bonchev–Trinajstić information content (AvgIpc) is 2.59. The summed E-state index contributed by atoms with van der Waals surface area (Å²) in [5.74, 6) is 0. The van der Waals surface area contributed by atoms with E-state index < -0.39 is 0 Å². The van der Waals surface area contributed by atoms with Gasteiger partial charge in [-0.05, 0) is 53.1 Å². The van der Waals surface area contributed by atoms with Crippen LogP contribution in [0.4, 0.5) is 0 Å². The van der Waals surface area contributed by atoms with Crippen molar-refractivity contribution < 1.29 is 50.1 Å². The molecule has 1 aliphatic rings. The van der Waals surface area contributed by atoms with Crippen LogP contribution in [0.2, 0.25) is 0 Å². The van der Waals surface area contributed by atoms with Crippen molar-refractivity contribution in [3.8, 4) is 0 Å². The maximum atomic E-state index is 4.67. The second kappa shape index (κ2) is 18.9. The SMILES string of the molecule is C1CCCCCCCOOOOOOOOOOCCCCCC1. The molecule has 1 saturated heterocycles. The fourth-order valence-electron chi connectivity index (χ4n) is 2.27. The topological polar surface area (TPSA) is 92.3 Å². The summed E-state index contributed by atoms with van der Waals surface area (Å²) >= 11 is 0. The zero-order valence-corrected chi connectivity index (χ0v) is 14.0. The molecule has 144 valence electrons. The van der Waals surface area contributed by atoms with Crippen LogP contribution in [-0.2, 0) is 50.1 Å². The number of hydrogen-bond donors (Lipinski definition) is 0. The van der Waals surface area contributed by atoms with Crippen LogP contribution in [0.25, 0.3) is 0 Å². The van der Waals surface area contributed by atoms with Gasteiger partial charge in [-0.2, -0.15) is 0 Å². The van der Waals surface area contributed by atoms with Gasteiger partial charge >= 0.3 is 0 Å². The van der Waals surface area contributed by atoms with E-state index in [2.05, 4.69) is 50.1 Å². The highest BCUT2D eigenvalue weighted by Gasteiger charge is 1.99. The normalized spacial score (nSPS) is 24.0. The van der Waals surface area contributed by atoms with Gasteiger partial charge in [0.05, 0.1) is 13.2 Å². The summed E-state index contributed by atoms with van der Waals surface area (Å²) in [4.78, 5) is 9.34. The maximum Gasteiger partial charge on any atom is 0.0855 e. The molecule has 10 heteroatoms. The van der Waals surface area contributed by atoms with Crippen molar-refractivity contribution in [3.63, 3.8) is 0 Å². The minimum absolute atomic E-state index is 0.384. The largest absolute Gasteiger partial charge is 0.204 e. The molecular weight excluding hydrogens is 328 g/mol. The molecule has 1 rings (SSSR count). The fourth-order valence-corrected chi connectivity index (χ4v) is 2.27. The Morgan fingerprint density at radius 3 is 0.833 bits per heavy atom. The molecule has 0 aromatic carbocycles. The first-order valence-corrected chi connectivity index (χ1v) is 8.58. The van der Waals surface area contributed by atoms with Gasteiger partial charge in [0.15, 0.2) is 0 Å². The molecule has 0 aromatic rings. The van der Waals surface area contributed by atoms with Gasteiger partial charge in [-0.15, -0.1) is 0 Å². The van der Waals surface area contributed by atoms with Crippen LogP contribution in [0.15, 0.2) is 0 Å². The Kier molecular flexibility index (Phi) is 17.1. The first-order chi connectivity index (χ1) is 12.0. The van der Waals surface area contributed by atoms with E-state index >= 15 is 0 Å². The second-order valence-corrected chi connectivity index (χ2v) is 5.43. The summed E-state index contributed by atoms with van der Waals surface area (Å²) < 4.78 is 0. The lowest BCUT2D eigenvalue weighted by molar-refractivity contribution is -0.844. The van der Waals surface area contributed by atoms with E-state index in [-0.39, 0.29) is 0 Å². The number of hydrogen-bond acceptors (Lipinski definition) is 10. The molecule has 10 nitrogen and oxygen atoms in total. The highest BCUT2D eigenvalue weighted by Crippen LogP contribution is 2.12. The third-order valence-corrected chi connectivity index (χ3v) is 3.50. The lowest BCUT2D eigenvalue weighted by Crippen LogP contribution is -2.04. The summed E-state index contributed by atoms with van der Waals surface area (Å²) in [6, 6.07) is 0. The molecule has 0 aromatic heterocycles. The lowest BCUT2D eigenvalue weighted by Gasteiger charge is -2.04. The van der Waals surface area contributed by atoms with Gasteiger partial charge in [-0.25, -0.2) is 9.78 Å². The molecule has 0 radical (unpaired) electrons. The Morgan fingerprint density at radius 2 is 0.500 bits per heavy atom. The van der Waals surface area contributed by atoms with E-state index in [4.69, 9.17) is 0 Å². The zero-order valence-electron chi connectivity index (χ0n) is 14.0. The Balaban J connectivity index is 2.00. The van der Waals surface area contributed by atoms with Crippen LogP contribution in [0.1, 0.15) is 77.0 Å². The van der Waals surface area contributed by atoms with E-state index in [9.17, 15) is 0 Å². The molecule has 0 aliphatic carbocycles.